The van der Waals surface area contributed by atoms with E-state index in [1.54, 1.807) is 17.0 Å². The van der Waals surface area contributed by atoms with E-state index < -0.39 is 21.8 Å². The summed E-state index contributed by atoms with van der Waals surface area (Å²) in [4.78, 5) is 26.7. The van der Waals surface area contributed by atoms with Crippen molar-refractivity contribution >= 4 is 27.5 Å². The quantitative estimate of drug-likeness (QED) is 0.456. The van der Waals surface area contributed by atoms with Gasteiger partial charge in [0, 0.05) is 45.0 Å². The van der Waals surface area contributed by atoms with Crippen molar-refractivity contribution in [1.82, 2.24) is 9.21 Å². The maximum absolute atomic E-state index is 13.4. The first-order chi connectivity index (χ1) is 18.1. The standard InChI is InChI=1S/C29H34N4O4S/c1-20-8-4-5-12-27(20)22-10-6-9-21(14-22)18-31-25-15-24(16-26(17-25)38(36,37)32(2)3)29(35)33-13-7-11-23(19-33)28(30)34/h4-6,8-10,12,14-17,23,31H,7,11,13,18-19H2,1-3H3,(H2,30,34). The zero-order chi connectivity index (χ0) is 27.4. The van der Waals surface area contributed by atoms with E-state index in [1.165, 1.54) is 25.7 Å². The zero-order valence-electron chi connectivity index (χ0n) is 22.0. The molecule has 4 rings (SSSR count). The van der Waals surface area contributed by atoms with Gasteiger partial charge in [-0.05, 0) is 66.3 Å². The topological polar surface area (TPSA) is 113 Å². The van der Waals surface area contributed by atoms with Crippen LogP contribution in [0.15, 0.2) is 71.6 Å². The Morgan fingerprint density at radius 3 is 2.53 bits per heavy atom. The smallest absolute Gasteiger partial charge is 0.253 e. The highest BCUT2D eigenvalue weighted by atomic mass is 32.2. The van der Waals surface area contributed by atoms with Crippen molar-refractivity contribution in [2.75, 3.05) is 32.5 Å². The highest BCUT2D eigenvalue weighted by Gasteiger charge is 2.29. The number of carbonyl (C=O) groups excluding carboxylic acids is 2. The number of rotatable bonds is 8. The third-order valence-electron chi connectivity index (χ3n) is 6.92. The number of piperidine rings is 1. The molecule has 8 nitrogen and oxygen atoms in total. The highest BCUT2D eigenvalue weighted by Crippen LogP contribution is 2.27. The average molecular weight is 535 g/mol. The lowest BCUT2D eigenvalue weighted by molar-refractivity contribution is -0.123. The SMILES string of the molecule is Cc1ccccc1-c1cccc(CNc2cc(C(=O)N3CCCC(C(N)=O)C3)cc(S(=O)(=O)N(C)C)c2)c1. The summed E-state index contributed by atoms with van der Waals surface area (Å²) in [5, 5.41) is 3.30. The number of sulfonamides is 1. The minimum Gasteiger partial charge on any atom is -0.381 e. The van der Waals surface area contributed by atoms with Crippen LogP contribution in [0.3, 0.4) is 0 Å². The molecule has 3 N–H and O–H groups in total. The summed E-state index contributed by atoms with van der Waals surface area (Å²) in [6.45, 7) is 3.23. The molecule has 38 heavy (non-hydrogen) atoms. The molecule has 1 saturated heterocycles. The summed E-state index contributed by atoms with van der Waals surface area (Å²) in [6.07, 6.45) is 1.31. The fourth-order valence-corrected chi connectivity index (χ4v) is 5.68. The van der Waals surface area contributed by atoms with Gasteiger partial charge in [0.1, 0.15) is 0 Å². The van der Waals surface area contributed by atoms with Crippen molar-refractivity contribution in [2.24, 2.45) is 11.7 Å². The van der Waals surface area contributed by atoms with Crippen LogP contribution in [0.5, 0.6) is 0 Å². The lowest BCUT2D eigenvalue weighted by atomic mass is 9.97. The molecular weight excluding hydrogens is 500 g/mol. The van der Waals surface area contributed by atoms with Crippen LogP contribution in [0.1, 0.15) is 34.3 Å². The number of aryl methyl sites for hydroxylation is 1. The molecule has 0 aliphatic carbocycles. The van der Waals surface area contributed by atoms with Crippen LogP contribution < -0.4 is 11.1 Å². The lowest BCUT2D eigenvalue weighted by Crippen LogP contribution is -2.44. The van der Waals surface area contributed by atoms with E-state index in [0.29, 0.717) is 31.6 Å². The summed E-state index contributed by atoms with van der Waals surface area (Å²) < 4.78 is 27.1. The lowest BCUT2D eigenvalue weighted by Gasteiger charge is -2.31. The van der Waals surface area contributed by atoms with Crippen molar-refractivity contribution in [3.63, 3.8) is 0 Å². The van der Waals surface area contributed by atoms with Gasteiger partial charge in [-0.1, -0.05) is 42.5 Å². The van der Waals surface area contributed by atoms with Crippen LogP contribution in [0.25, 0.3) is 11.1 Å². The summed E-state index contributed by atoms with van der Waals surface area (Å²) in [5.41, 5.74) is 10.7. The Bertz CT molecular complexity index is 1450. The van der Waals surface area contributed by atoms with Crippen molar-refractivity contribution in [3.05, 3.63) is 83.4 Å². The third kappa shape index (κ3) is 6.06. The highest BCUT2D eigenvalue weighted by molar-refractivity contribution is 7.89. The van der Waals surface area contributed by atoms with E-state index in [1.807, 2.05) is 24.3 Å². The molecule has 3 aromatic carbocycles. The van der Waals surface area contributed by atoms with Crippen LogP contribution >= 0.6 is 0 Å². The van der Waals surface area contributed by atoms with Gasteiger partial charge in [-0.25, -0.2) is 12.7 Å². The molecule has 1 atom stereocenters. The van der Waals surface area contributed by atoms with Crippen LogP contribution in [-0.4, -0.2) is 56.6 Å². The number of benzene rings is 3. The Morgan fingerprint density at radius 1 is 1.05 bits per heavy atom. The first kappa shape index (κ1) is 27.3. The van der Waals surface area contributed by atoms with Crippen LogP contribution in [0.4, 0.5) is 5.69 Å². The van der Waals surface area contributed by atoms with Gasteiger partial charge in [0.15, 0.2) is 0 Å². The molecule has 0 aromatic heterocycles. The number of likely N-dealkylation sites (tertiary alicyclic amines) is 1. The number of amides is 2. The number of nitrogens with two attached hydrogens (primary N) is 1. The molecule has 1 aliphatic heterocycles. The Balaban J connectivity index is 1.62. The van der Waals surface area contributed by atoms with Crippen molar-refractivity contribution < 1.29 is 18.0 Å². The van der Waals surface area contributed by atoms with Crippen LogP contribution in [0, 0.1) is 12.8 Å². The summed E-state index contributed by atoms with van der Waals surface area (Å²) in [5.74, 6) is -1.16. The molecular formula is C29H34N4O4S. The van der Waals surface area contributed by atoms with Gasteiger partial charge in [-0.15, -0.1) is 0 Å². The number of nitrogens with zero attached hydrogens (tertiary/aromatic N) is 2. The second-order valence-corrected chi connectivity index (χ2v) is 12.0. The minimum atomic E-state index is -3.79. The molecule has 9 heteroatoms. The van der Waals surface area contributed by atoms with Gasteiger partial charge in [0.2, 0.25) is 15.9 Å². The minimum absolute atomic E-state index is 0.0213. The largest absolute Gasteiger partial charge is 0.381 e. The number of anilines is 1. The molecule has 3 aromatic rings. The number of hydrogen-bond donors (Lipinski definition) is 2. The fourth-order valence-electron chi connectivity index (χ4n) is 4.71. The van der Waals surface area contributed by atoms with Gasteiger partial charge in [0.25, 0.3) is 5.91 Å². The van der Waals surface area contributed by atoms with E-state index in [-0.39, 0.29) is 22.9 Å². The molecule has 0 saturated carbocycles. The van der Waals surface area contributed by atoms with Gasteiger partial charge >= 0.3 is 0 Å². The number of carbonyl (C=O) groups is 2. The monoisotopic (exact) mass is 534 g/mol. The molecule has 1 aliphatic rings. The number of nitrogens with one attached hydrogen (secondary N) is 1. The molecule has 1 fully saturated rings. The normalized spacial score (nSPS) is 15.9. The van der Waals surface area contributed by atoms with Crippen LogP contribution in [0.2, 0.25) is 0 Å². The van der Waals surface area contributed by atoms with Crippen molar-refractivity contribution in [3.8, 4) is 11.1 Å². The summed E-state index contributed by atoms with van der Waals surface area (Å²) in [7, 11) is -0.883. The Hall–Kier alpha value is -3.69. The zero-order valence-corrected chi connectivity index (χ0v) is 22.8. The van der Waals surface area contributed by atoms with Gasteiger partial charge in [-0.3, -0.25) is 9.59 Å². The summed E-state index contributed by atoms with van der Waals surface area (Å²) >= 11 is 0. The van der Waals surface area contributed by atoms with Crippen molar-refractivity contribution in [2.45, 2.75) is 31.2 Å². The third-order valence-corrected chi connectivity index (χ3v) is 8.72. The Kier molecular flexibility index (Phi) is 8.18. The van der Waals surface area contributed by atoms with Crippen molar-refractivity contribution in [1.29, 1.82) is 0 Å². The predicted octanol–water partition coefficient (Wildman–Crippen LogP) is 3.86. The average Bonchev–Trinajstić information content (AvgIpc) is 2.91. The van der Waals surface area contributed by atoms with Gasteiger partial charge in [0.05, 0.1) is 10.8 Å². The van der Waals surface area contributed by atoms with E-state index in [2.05, 4.69) is 36.5 Å². The maximum atomic E-state index is 13.4. The molecule has 1 unspecified atom stereocenters. The van der Waals surface area contributed by atoms with E-state index in [4.69, 9.17) is 5.73 Å². The molecule has 0 spiro atoms. The van der Waals surface area contributed by atoms with Gasteiger partial charge in [-0.2, -0.15) is 0 Å². The number of hydrogen-bond acceptors (Lipinski definition) is 5. The molecule has 0 radical (unpaired) electrons. The Morgan fingerprint density at radius 2 is 1.82 bits per heavy atom. The first-order valence-electron chi connectivity index (χ1n) is 12.6. The second-order valence-electron chi connectivity index (χ2n) is 9.90. The number of primary amides is 1. The van der Waals surface area contributed by atoms with Crippen LogP contribution in [-0.2, 0) is 21.4 Å². The van der Waals surface area contributed by atoms with E-state index in [0.717, 1.165) is 21.0 Å². The fraction of sp³-hybridized carbons (Fsp3) is 0.310. The van der Waals surface area contributed by atoms with E-state index >= 15 is 0 Å². The molecule has 0 bridgehead atoms. The maximum Gasteiger partial charge on any atom is 0.253 e. The molecule has 200 valence electrons. The second kappa shape index (κ2) is 11.4. The first-order valence-corrected chi connectivity index (χ1v) is 14.1. The molecule has 1 heterocycles. The van der Waals surface area contributed by atoms with E-state index in [9.17, 15) is 18.0 Å². The summed E-state index contributed by atoms with van der Waals surface area (Å²) in [6, 6.07) is 20.9. The molecule has 2 amide bonds. The predicted molar refractivity (Wildman–Crippen MR) is 149 cm³/mol. The van der Waals surface area contributed by atoms with Gasteiger partial charge < -0.3 is 16.0 Å². The Labute approximate surface area is 224 Å².